The Morgan fingerprint density at radius 2 is 2.12 bits per heavy atom. The third-order valence-corrected chi connectivity index (χ3v) is 2.64. The van der Waals surface area contributed by atoms with Gasteiger partial charge in [0.15, 0.2) is 0 Å². The van der Waals surface area contributed by atoms with Gasteiger partial charge in [0.1, 0.15) is 0 Å². The van der Waals surface area contributed by atoms with Crippen LogP contribution in [0.25, 0.3) is 0 Å². The Morgan fingerprint density at radius 3 is 2.69 bits per heavy atom. The molecule has 0 spiro atoms. The number of carbonyl (C=O) groups excluding carboxylic acids is 1. The average Bonchev–Trinajstić information content (AvgIpc) is 2.13. The van der Waals surface area contributed by atoms with Gasteiger partial charge in [-0.1, -0.05) is 6.08 Å². The van der Waals surface area contributed by atoms with Crippen molar-refractivity contribution in [3.63, 3.8) is 0 Å². The number of nitrogens with zero attached hydrogens (tertiary/aromatic N) is 1. The first-order valence-corrected chi connectivity index (χ1v) is 6.27. The summed E-state index contributed by atoms with van der Waals surface area (Å²) in [5, 5.41) is 0. The zero-order valence-electron chi connectivity index (χ0n) is 10.4. The van der Waals surface area contributed by atoms with Crippen LogP contribution in [0.5, 0.6) is 0 Å². The van der Waals surface area contributed by atoms with E-state index >= 15 is 0 Å². The van der Waals surface area contributed by atoms with Crippen LogP contribution in [0.2, 0.25) is 0 Å². The molecule has 1 aliphatic rings. The number of hydrogen-bond donors (Lipinski definition) is 0. The van der Waals surface area contributed by atoms with E-state index in [1.54, 1.807) is 6.08 Å². The lowest BCUT2D eigenvalue weighted by atomic mass is 10.2. The van der Waals surface area contributed by atoms with Gasteiger partial charge in [-0.05, 0) is 45.6 Å². The first kappa shape index (κ1) is 13.2. The molecule has 0 aromatic carbocycles. The molecule has 0 radical (unpaired) electrons. The highest BCUT2D eigenvalue weighted by atomic mass is 16.5. The van der Waals surface area contributed by atoms with E-state index in [1.807, 2.05) is 24.8 Å². The number of likely N-dealkylation sites (tertiary alicyclic amines) is 1. The van der Waals surface area contributed by atoms with Crippen molar-refractivity contribution >= 4 is 5.91 Å². The van der Waals surface area contributed by atoms with Crippen molar-refractivity contribution in [1.82, 2.24) is 4.90 Å². The zero-order valence-corrected chi connectivity index (χ0v) is 10.4. The minimum absolute atomic E-state index is 0.171. The van der Waals surface area contributed by atoms with E-state index in [1.165, 1.54) is 0 Å². The van der Waals surface area contributed by atoms with Crippen LogP contribution >= 0.6 is 0 Å². The highest BCUT2D eigenvalue weighted by Crippen LogP contribution is 2.07. The molecule has 0 aromatic rings. The molecule has 1 heterocycles. The van der Waals surface area contributed by atoms with E-state index < -0.39 is 0 Å². The normalized spacial score (nSPS) is 15.8. The summed E-state index contributed by atoms with van der Waals surface area (Å²) < 4.78 is 5.43. The first-order valence-electron chi connectivity index (χ1n) is 6.27. The fourth-order valence-corrected chi connectivity index (χ4v) is 1.51. The minimum Gasteiger partial charge on any atom is -0.379 e. The van der Waals surface area contributed by atoms with Gasteiger partial charge in [-0.3, -0.25) is 4.79 Å². The summed E-state index contributed by atoms with van der Waals surface area (Å²) in [6.07, 6.45) is 8.31. The summed E-state index contributed by atoms with van der Waals surface area (Å²) in [6.45, 7) is 6.79. The maximum Gasteiger partial charge on any atom is 0.246 e. The largest absolute Gasteiger partial charge is 0.379 e. The Morgan fingerprint density at radius 1 is 1.38 bits per heavy atom. The summed E-state index contributed by atoms with van der Waals surface area (Å²) in [7, 11) is 0. The molecule has 0 aliphatic carbocycles. The third kappa shape index (κ3) is 5.31. The van der Waals surface area contributed by atoms with Crippen molar-refractivity contribution in [2.75, 3.05) is 19.7 Å². The molecule has 92 valence electrons. The number of ether oxygens (including phenoxy) is 1. The molecule has 1 saturated heterocycles. The Bertz CT molecular complexity index is 232. The predicted molar refractivity (Wildman–Crippen MR) is 65.3 cm³/mol. The molecule has 0 N–H and O–H groups in total. The molecule has 0 aromatic heterocycles. The van der Waals surface area contributed by atoms with E-state index in [0.29, 0.717) is 6.10 Å². The van der Waals surface area contributed by atoms with Crippen LogP contribution in [0.4, 0.5) is 0 Å². The smallest absolute Gasteiger partial charge is 0.246 e. The summed E-state index contributed by atoms with van der Waals surface area (Å²) in [5.74, 6) is 0.171. The fourth-order valence-electron chi connectivity index (χ4n) is 1.51. The Kier molecular flexibility index (Phi) is 6.16. The van der Waals surface area contributed by atoms with Crippen LogP contribution in [0.1, 0.15) is 39.5 Å². The number of hydrogen-bond acceptors (Lipinski definition) is 2. The third-order valence-electron chi connectivity index (χ3n) is 2.64. The molecule has 3 nitrogen and oxygen atoms in total. The zero-order chi connectivity index (χ0) is 11.8. The molecule has 0 unspecified atom stereocenters. The SMILES string of the molecule is CC(C)OCCCC/C=C/C(=O)N1CCC1. The van der Waals surface area contributed by atoms with Crippen LogP contribution in [0.3, 0.4) is 0 Å². The number of carbonyl (C=O) groups is 1. The average molecular weight is 225 g/mol. The molecule has 0 saturated carbocycles. The van der Waals surface area contributed by atoms with E-state index in [9.17, 15) is 4.79 Å². The van der Waals surface area contributed by atoms with E-state index in [4.69, 9.17) is 4.74 Å². The van der Waals surface area contributed by atoms with Crippen molar-refractivity contribution in [2.45, 2.75) is 45.6 Å². The number of amides is 1. The van der Waals surface area contributed by atoms with Gasteiger partial charge in [0.25, 0.3) is 0 Å². The molecular formula is C13H23NO2. The highest BCUT2D eigenvalue weighted by molar-refractivity contribution is 5.88. The minimum atomic E-state index is 0.171. The quantitative estimate of drug-likeness (QED) is 0.492. The molecule has 0 atom stereocenters. The Balaban J connectivity index is 1.93. The molecule has 3 heteroatoms. The maximum absolute atomic E-state index is 11.4. The molecule has 0 bridgehead atoms. The van der Waals surface area contributed by atoms with Crippen LogP contribution in [0, 0.1) is 0 Å². The van der Waals surface area contributed by atoms with Gasteiger partial charge >= 0.3 is 0 Å². The molecular weight excluding hydrogens is 202 g/mol. The van der Waals surface area contributed by atoms with Gasteiger partial charge in [0.2, 0.25) is 5.91 Å². The summed E-state index contributed by atoms with van der Waals surface area (Å²) in [5.41, 5.74) is 0. The number of unbranched alkanes of at least 4 members (excludes halogenated alkanes) is 2. The Labute approximate surface area is 98.5 Å². The van der Waals surface area contributed by atoms with Crippen molar-refractivity contribution in [1.29, 1.82) is 0 Å². The van der Waals surface area contributed by atoms with Crippen LogP contribution < -0.4 is 0 Å². The summed E-state index contributed by atoms with van der Waals surface area (Å²) in [4.78, 5) is 13.3. The van der Waals surface area contributed by atoms with E-state index in [2.05, 4.69) is 0 Å². The van der Waals surface area contributed by atoms with Gasteiger partial charge in [-0.2, -0.15) is 0 Å². The fraction of sp³-hybridized carbons (Fsp3) is 0.769. The lowest BCUT2D eigenvalue weighted by Gasteiger charge is -2.29. The van der Waals surface area contributed by atoms with Gasteiger partial charge in [-0.25, -0.2) is 0 Å². The standard InChI is InChI=1S/C13H23NO2/c1-12(2)16-11-6-4-3-5-8-13(15)14-9-7-10-14/h5,8,12H,3-4,6-7,9-11H2,1-2H3/b8-5+. The molecule has 16 heavy (non-hydrogen) atoms. The molecule has 1 amide bonds. The van der Waals surface area contributed by atoms with E-state index in [0.717, 1.165) is 45.4 Å². The second kappa shape index (κ2) is 7.44. The molecule has 1 aliphatic heterocycles. The predicted octanol–water partition coefficient (Wildman–Crippen LogP) is 2.37. The van der Waals surface area contributed by atoms with Crippen LogP contribution in [-0.2, 0) is 9.53 Å². The molecule has 1 rings (SSSR count). The van der Waals surface area contributed by atoms with E-state index in [-0.39, 0.29) is 5.91 Å². The maximum atomic E-state index is 11.4. The summed E-state index contributed by atoms with van der Waals surface area (Å²) in [6, 6.07) is 0. The van der Waals surface area contributed by atoms with Gasteiger partial charge in [-0.15, -0.1) is 0 Å². The molecule has 1 fully saturated rings. The van der Waals surface area contributed by atoms with Crippen LogP contribution in [-0.4, -0.2) is 36.6 Å². The lowest BCUT2D eigenvalue weighted by Crippen LogP contribution is -2.41. The van der Waals surface area contributed by atoms with Crippen molar-refractivity contribution in [3.05, 3.63) is 12.2 Å². The van der Waals surface area contributed by atoms with Gasteiger partial charge < -0.3 is 9.64 Å². The monoisotopic (exact) mass is 225 g/mol. The van der Waals surface area contributed by atoms with Crippen molar-refractivity contribution in [2.24, 2.45) is 0 Å². The summed E-state index contributed by atoms with van der Waals surface area (Å²) >= 11 is 0. The van der Waals surface area contributed by atoms with Crippen LogP contribution in [0.15, 0.2) is 12.2 Å². The second-order valence-electron chi connectivity index (χ2n) is 4.50. The van der Waals surface area contributed by atoms with Crippen molar-refractivity contribution < 1.29 is 9.53 Å². The van der Waals surface area contributed by atoms with Gasteiger partial charge in [0.05, 0.1) is 6.10 Å². The number of rotatable bonds is 7. The first-order chi connectivity index (χ1) is 7.70. The second-order valence-corrected chi connectivity index (χ2v) is 4.50. The highest BCUT2D eigenvalue weighted by Gasteiger charge is 2.16. The van der Waals surface area contributed by atoms with Gasteiger partial charge in [0, 0.05) is 19.7 Å². The lowest BCUT2D eigenvalue weighted by molar-refractivity contribution is -0.129. The topological polar surface area (TPSA) is 29.5 Å². The van der Waals surface area contributed by atoms with Crippen molar-refractivity contribution in [3.8, 4) is 0 Å². The Hall–Kier alpha value is -0.830. The number of allylic oxidation sites excluding steroid dienone is 1.